The highest BCUT2D eigenvalue weighted by atomic mass is 14.3. The number of rotatable bonds is 10. The van der Waals surface area contributed by atoms with Crippen LogP contribution in [0, 0.1) is 29.6 Å². The zero-order valence-electron chi connectivity index (χ0n) is 14.1. The lowest BCUT2D eigenvalue weighted by atomic mass is 9.76. The molecule has 0 aliphatic carbocycles. The molecular formula is C18H38. The Morgan fingerprint density at radius 3 is 1.72 bits per heavy atom. The lowest BCUT2D eigenvalue weighted by Crippen LogP contribution is -2.20. The van der Waals surface area contributed by atoms with Crippen molar-refractivity contribution >= 4 is 0 Å². The van der Waals surface area contributed by atoms with Gasteiger partial charge in [-0.25, -0.2) is 0 Å². The molecule has 0 heteroatoms. The van der Waals surface area contributed by atoms with E-state index in [1.54, 1.807) is 0 Å². The summed E-state index contributed by atoms with van der Waals surface area (Å²) >= 11 is 0. The molecule has 0 saturated carbocycles. The Labute approximate surface area is 117 Å². The van der Waals surface area contributed by atoms with Crippen molar-refractivity contribution in [3.8, 4) is 0 Å². The maximum Gasteiger partial charge on any atom is -0.0386 e. The van der Waals surface area contributed by atoms with Crippen LogP contribution in [-0.2, 0) is 0 Å². The predicted molar refractivity (Wildman–Crippen MR) is 84.9 cm³/mol. The normalized spacial score (nSPS) is 17.2. The van der Waals surface area contributed by atoms with E-state index in [-0.39, 0.29) is 0 Å². The van der Waals surface area contributed by atoms with E-state index < -0.39 is 0 Å². The van der Waals surface area contributed by atoms with Crippen LogP contribution in [0.2, 0.25) is 0 Å². The van der Waals surface area contributed by atoms with Crippen molar-refractivity contribution < 1.29 is 0 Å². The third-order valence-electron chi connectivity index (χ3n) is 4.77. The molecule has 3 atom stereocenters. The van der Waals surface area contributed by atoms with Crippen LogP contribution in [0.4, 0.5) is 0 Å². The highest BCUT2D eigenvalue weighted by Gasteiger charge is 2.22. The maximum absolute atomic E-state index is 2.47. The smallest absolute Gasteiger partial charge is 0.0386 e. The Morgan fingerprint density at radius 1 is 0.722 bits per heavy atom. The Morgan fingerprint density at radius 2 is 1.33 bits per heavy atom. The minimum Gasteiger partial charge on any atom is -0.0654 e. The van der Waals surface area contributed by atoms with Crippen LogP contribution in [0.3, 0.4) is 0 Å². The van der Waals surface area contributed by atoms with Gasteiger partial charge in [0.15, 0.2) is 0 Å². The van der Waals surface area contributed by atoms with E-state index in [1.807, 2.05) is 0 Å². The second-order valence-electron chi connectivity index (χ2n) is 7.15. The van der Waals surface area contributed by atoms with Crippen molar-refractivity contribution in [2.24, 2.45) is 29.6 Å². The fraction of sp³-hybridized carbons (Fsp3) is 1.00. The van der Waals surface area contributed by atoms with Crippen LogP contribution in [0.5, 0.6) is 0 Å². The zero-order chi connectivity index (χ0) is 14.1. The predicted octanol–water partition coefficient (Wildman–Crippen LogP) is 6.55. The van der Waals surface area contributed by atoms with Gasteiger partial charge in [-0.15, -0.1) is 0 Å². The van der Waals surface area contributed by atoms with Gasteiger partial charge in [0, 0.05) is 0 Å². The van der Waals surface area contributed by atoms with Crippen LogP contribution in [-0.4, -0.2) is 0 Å². The van der Waals surface area contributed by atoms with Crippen molar-refractivity contribution in [1.82, 2.24) is 0 Å². The molecule has 0 aromatic rings. The van der Waals surface area contributed by atoms with Crippen LogP contribution in [0.25, 0.3) is 0 Å². The van der Waals surface area contributed by atoms with E-state index in [0.29, 0.717) is 0 Å². The molecule has 0 spiro atoms. The molecule has 0 amide bonds. The van der Waals surface area contributed by atoms with Crippen molar-refractivity contribution in [2.45, 2.75) is 87.0 Å². The van der Waals surface area contributed by atoms with Gasteiger partial charge in [0.05, 0.1) is 0 Å². The SMILES string of the molecule is CCCC(CC(CCC(C)C)C(C)CC)C(C)C. The number of hydrogen-bond acceptors (Lipinski definition) is 0. The minimum absolute atomic E-state index is 0.857. The van der Waals surface area contributed by atoms with Crippen LogP contribution in [0.15, 0.2) is 0 Å². The molecule has 3 unspecified atom stereocenters. The van der Waals surface area contributed by atoms with Gasteiger partial charge in [0.2, 0.25) is 0 Å². The summed E-state index contributed by atoms with van der Waals surface area (Å²) in [5.41, 5.74) is 0. The molecule has 110 valence electrons. The monoisotopic (exact) mass is 254 g/mol. The minimum atomic E-state index is 0.857. The molecule has 0 rings (SSSR count). The lowest BCUT2D eigenvalue weighted by molar-refractivity contribution is 0.207. The van der Waals surface area contributed by atoms with Gasteiger partial charge in [-0.3, -0.25) is 0 Å². The molecule has 18 heavy (non-hydrogen) atoms. The maximum atomic E-state index is 2.47. The number of hydrogen-bond donors (Lipinski definition) is 0. The molecule has 0 aromatic heterocycles. The van der Waals surface area contributed by atoms with Gasteiger partial charge in [-0.05, 0) is 42.4 Å². The van der Waals surface area contributed by atoms with Crippen molar-refractivity contribution in [3.63, 3.8) is 0 Å². The Balaban J connectivity index is 4.43. The fourth-order valence-electron chi connectivity index (χ4n) is 3.00. The molecule has 0 bridgehead atoms. The highest BCUT2D eigenvalue weighted by molar-refractivity contribution is 4.73. The summed E-state index contributed by atoms with van der Waals surface area (Å²) in [4.78, 5) is 0. The van der Waals surface area contributed by atoms with Crippen molar-refractivity contribution in [3.05, 3.63) is 0 Å². The second-order valence-corrected chi connectivity index (χ2v) is 7.15. The average Bonchev–Trinajstić information content (AvgIpc) is 2.31. The quantitative estimate of drug-likeness (QED) is 0.415. The fourth-order valence-corrected chi connectivity index (χ4v) is 3.00. The largest absolute Gasteiger partial charge is 0.0654 e. The van der Waals surface area contributed by atoms with Gasteiger partial charge in [-0.1, -0.05) is 74.1 Å². The van der Waals surface area contributed by atoms with E-state index in [4.69, 9.17) is 0 Å². The first-order valence-electron chi connectivity index (χ1n) is 8.42. The van der Waals surface area contributed by atoms with Gasteiger partial charge >= 0.3 is 0 Å². The first-order chi connectivity index (χ1) is 8.42. The molecule has 0 aliphatic rings. The molecule has 0 N–H and O–H groups in total. The van der Waals surface area contributed by atoms with Gasteiger partial charge in [0.1, 0.15) is 0 Å². The summed E-state index contributed by atoms with van der Waals surface area (Å²) in [7, 11) is 0. The van der Waals surface area contributed by atoms with E-state index in [1.165, 1.54) is 38.5 Å². The Hall–Kier alpha value is 0. The third-order valence-corrected chi connectivity index (χ3v) is 4.77. The molecule has 0 heterocycles. The average molecular weight is 255 g/mol. The Kier molecular flexibility index (Phi) is 9.87. The summed E-state index contributed by atoms with van der Waals surface area (Å²) < 4.78 is 0. The first kappa shape index (κ1) is 18.0. The summed E-state index contributed by atoms with van der Waals surface area (Å²) in [5.74, 6) is 4.52. The highest BCUT2D eigenvalue weighted by Crippen LogP contribution is 2.33. The molecule has 0 nitrogen and oxygen atoms in total. The second kappa shape index (κ2) is 9.87. The summed E-state index contributed by atoms with van der Waals surface area (Å²) in [6, 6.07) is 0. The van der Waals surface area contributed by atoms with E-state index in [9.17, 15) is 0 Å². The van der Waals surface area contributed by atoms with E-state index >= 15 is 0 Å². The van der Waals surface area contributed by atoms with Crippen LogP contribution >= 0.6 is 0 Å². The van der Waals surface area contributed by atoms with E-state index in [0.717, 1.165) is 29.6 Å². The molecule has 0 saturated heterocycles. The third kappa shape index (κ3) is 7.44. The van der Waals surface area contributed by atoms with Gasteiger partial charge in [0.25, 0.3) is 0 Å². The molecule has 0 aliphatic heterocycles. The molecule has 0 aromatic carbocycles. The summed E-state index contributed by atoms with van der Waals surface area (Å²) in [5, 5.41) is 0. The molecule has 0 radical (unpaired) electrons. The summed E-state index contributed by atoms with van der Waals surface area (Å²) in [6.45, 7) is 16.7. The lowest BCUT2D eigenvalue weighted by Gasteiger charge is -2.30. The van der Waals surface area contributed by atoms with Crippen LogP contribution in [0.1, 0.15) is 87.0 Å². The first-order valence-corrected chi connectivity index (χ1v) is 8.42. The topological polar surface area (TPSA) is 0 Å². The van der Waals surface area contributed by atoms with Crippen molar-refractivity contribution in [2.75, 3.05) is 0 Å². The van der Waals surface area contributed by atoms with Gasteiger partial charge < -0.3 is 0 Å². The zero-order valence-corrected chi connectivity index (χ0v) is 14.1. The van der Waals surface area contributed by atoms with Crippen molar-refractivity contribution in [1.29, 1.82) is 0 Å². The molecular weight excluding hydrogens is 216 g/mol. The van der Waals surface area contributed by atoms with Crippen LogP contribution < -0.4 is 0 Å². The molecule has 0 fully saturated rings. The summed E-state index contributed by atoms with van der Waals surface area (Å²) in [6.07, 6.45) is 8.44. The van der Waals surface area contributed by atoms with Gasteiger partial charge in [-0.2, -0.15) is 0 Å². The van der Waals surface area contributed by atoms with E-state index in [2.05, 4.69) is 48.5 Å². The Bertz CT molecular complexity index is 180. The standard InChI is InChI=1S/C18H38/c1-8-10-17(15(5)6)13-18(16(7)9-2)12-11-14(3)4/h14-18H,8-13H2,1-7H3.